The molecule has 0 fully saturated rings. The van der Waals surface area contributed by atoms with E-state index in [1.165, 1.54) is 11.1 Å². The van der Waals surface area contributed by atoms with E-state index in [0.717, 1.165) is 0 Å². The van der Waals surface area contributed by atoms with Crippen LogP contribution in [0.5, 0.6) is 0 Å². The Morgan fingerprint density at radius 2 is 1.39 bits per heavy atom. The summed E-state index contributed by atoms with van der Waals surface area (Å²) in [4.78, 5) is 2.18. The first-order valence-electron chi connectivity index (χ1n) is 6.60. The van der Waals surface area contributed by atoms with Gasteiger partial charge in [-0.1, -0.05) is 45.0 Å². The third-order valence-electron chi connectivity index (χ3n) is 4.05. The zero-order valence-electron chi connectivity index (χ0n) is 12.9. The van der Waals surface area contributed by atoms with Crippen LogP contribution in [-0.2, 0) is 5.41 Å². The Kier molecular flexibility index (Phi) is 4.24. The topological polar surface area (TPSA) is 29.3 Å². The minimum atomic E-state index is -0.0523. The molecule has 0 spiro atoms. The molecule has 18 heavy (non-hydrogen) atoms. The number of likely N-dealkylation sites (N-methyl/N-ethyl adjacent to an activating group) is 1. The van der Waals surface area contributed by atoms with E-state index in [9.17, 15) is 0 Å². The molecule has 0 aliphatic heterocycles. The molecule has 1 rings (SSSR count). The van der Waals surface area contributed by atoms with Gasteiger partial charge >= 0.3 is 0 Å². The lowest BCUT2D eigenvalue weighted by Crippen LogP contribution is -2.47. The SMILES string of the molecule is CN(C)C(C)(C)C(N)c1ccc(C(C)(C)C)cc1. The highest BCUT2D eigenvalue weighted by Crippen LogP contribution is 2.29. The van der Waals surface area contributed by atoms with Gasteiger partial charge in [-0.15, -0.1) is 0 Å². The van der Waals surface area contributed by atoms with Crippen molar-refractivity contribution in [2.24, 2.45) is 5.73 Å². The molecule has 0 saturated heterocycles. The second-order valence-electron chi connectivity index (χ2n) is 6.90. The lowest BCUT2D eigenvalue weighted by Gasteiger charge is -2.38. The Balaban J connectivity index is 2.99. The highest BCUT2D eigenvalue weighted by molar-refractivity contribution is 5.30. The maximum atomic E-state index is 6.39. The maximum Gasteiger partial charge on any atom is 0.0476 e. The molecule has 2 heteroatoms. The standard InChI is InChI=1S/C16H28N2/c1-15(2,3)13-10-8-12(9-11-13)14(17)16(4,5)18(6)7/h8-11,14H,17H2,1-7H3. The van der Waals surface area contributed by atoms with Crippen molar-refractivity contribution in [3.8, 4) is 0 Å². The summed E-state index contributed by atoms with van der Waals surface area (Å²) in [5.41, 5.74) is 9.08. The molecule has 0 aliphatic rings. The fourth-order valence-corrected chi connectivity index (χ4v) is 1.88. The summed E-state index contributed by atoms with van der Waals surface area (Å²) in [6.45, 7) is 11.0. The Hall–Kier alpha value is -0.860. The van der Waals surface area contributed by atoms with Crippen molar-refractivity contribution in [1.29, 1.82) is 0 Å². The van der Waals surface area contributed by atoms with E-state index in [0.29, 0.717) is 0 Å². The van der Waals surface area contributed by atoms with Crippen LogP contribution >= 0.6 is 0 Å². The molecule has 0 heterocycles. The van der Waals surface area contributed by atoms with E-state index in [1.807, 2.05) is 0 Å². The largest absolute Gasteiger partial charge is 0.322 e. The van der Waals surface area contributed by atoms with Crippen LogP contribution in [0.1, 0.15) is 51.8 Å². The number of nitrogens with zero attached hydrogens (tertiary/aromatic N) is 1. The monoisotopic (exact) mass is 248 g/mol. The van der Waals surface area contributed by atoms with Crippen LogP contribution in [0.4, 0.5) is 0 Å². The molecular weight excluding hydrogens is 220 g/mol. The average molecular weight is 248 g/mol. The molecule has 2 nitrogen and oxygen atoms in total. The van der Waals surface area contributed by atoms with Crippen molar-refractivity contribution in [2.75, 3.05) is 14.1 Å². The van der Waals surface area contributed by atoms with Crippen molar-refractivity contribution in [3.05, 3.63) is 35.4 Å². The summed E-state index contributed by atoms with van der Waals surface area (Å²) < 4.78 is 0. The molecule has 0 aliphatic carbocycles. The summed E-state index contributed by atoms with van der Waals surface area (Å²) in [5, 5.41) is 0. The first-order valence-corrected chi connectivity index (χ1v) is 6.60. The number of hydrogen-bond acceptors (Lipinski definition) is 2. The summed E-state index contributed by atoms with van der Waals surface area (Å²) in [6.07, 6.45) is 0. The van der Waals surface area contributed by atoms with Crippen molar-refractivity contribution in [1.82, 2.24) is 4.90 Å². The van der Waals surface area contributed by atoms with Gasteiger partial charge < -0.3 is 10.6 Å². The quantitative estimate of drug-likeness (QED) is 0.889. The van der Waals surface area contributed by atoms with Crippen LogP contribution in [0.2, 0.25) is 0 Å². The Labute approximate surface area is 112 Å². The highest BCUT2D eigenvalue weighted by Gasteiger charge is 2.29. The van der Waals surface area contributed by atoms with E-state index in [-0.39, 0.29) is 17.0 Å². The van der Waals surface area contributed by atoms with Crippen molar-refractivity contribution in [2.45, 2.75) is 51.6 Å². The summed E-state index contributed by atoms with van der Waals surface area (Å²) >= 11 is 0. The van der Waals surface area contributed by atoms with Crippen molar-refractivity contribution < 1.29 is 0 Å². The van der Waals surface area contributed by atoms with E-state index in [4.69, 9.17) is 5.73 Å². The number of benzene rings is 1. The van der Waals surface area contributed by atoms with E-state index in [2.05, 4.69) is 77.9 Å². The lowest BCUT2D eigenvalue weighted by atomic mass is 9.84. The predicted octanol–water partition coefficient (Wildman–Crippen LogP) is 3.32. The fraction of sp³-hybridized carbons (Fsp3) is 0.625. The van der Waals surface area contributed by atoms with Gasteiger partial charge in [0.05, 0.1) is 0 Å². The molecule has 102 valence electrons. The van der Waals surface area contributed by atoms with Crippen LogP contribution in [0, 0.1) is 0 Å². The van der Waals surface area contributed by atoms with E-state index >= 15 is 0 Å². The lowest BCUT2D eigenvalue weighted by molar-refractivity contribution is 0.159. The van der Waals surface area contributed by atoms with Gasteiger partial charge in [0, 0.05) is 11.6 Å². The zero-order chi connectivity index (χ0) is 14.1. The Morgan fingerprint density at radius 3 is 1.72 bits per heavy atom. The van der Waals surface area contributed by atoms with Gasteiger partial charge in [0.2, 0.25) is 0 Å². The number of rotatable bonds is 3. The van der Waals surface area contributed by atoms with Gasteiger partial charge in [-0.3, -0.25) is 0 Å². The minimum Gasteiger partial charge on any atom is -0.322 e. The Morgan fingerprint density at radius 1 is 0.944 bits per heavy atom. The zero-order valence-corrected chi connectivity index (χ0v) is 12.9. The smallest absolute Gasteiger partial charge is 0.0476 e. The van der Waals surface area contributed by atoms with Crippen LogP contribution in [0.15, 0.2) is 24.3 Å². The third kappa shape index (κ3) is 3.12. The normalized spacial score (nSPS) is 14.9. The molecule has 0 bridgehead atoms. The second kappa shape index (κ2) is 5.02. The third-order valence-corrected chi connectivity index (χ3v) is 4.05. The first-order chi connectivity index (χ1) is 8.06. The molecule has 2 N–H and O–H groups in total. The molecule has 0 saturated carbocycles. The first kappa shape index (κ1) is 15.2. The van der Waals surface area contributed by atoms with E-state index < -0.39 is 0 Å². The molecule has 0 aromatic heterocycles. The molecule has 1 aromatic carbocycles. The minimum absolute atomic E-state index is 0.0153. The number of nitrogens with two attached hydrogens (primary N) is 1. The molecule has 1 unspecified atom stereocenters. The van der Waals surface area contributed by atoms with Gasteiger partial charge in [0.15, 0.2) is 0 Å². The maximum absolute atomic E-state index is 6.39. The van der Waals surface area contributed by atoms with Crippen LogP contribution in [-0.4, -0.2) is 24.5 Å². The van der Waals surface area contributed by atoms with Gasteiger partial charge in [-0.25, -0.2) is 0 Å². The van der Waals surface area contributed by atoms with Crippen LogP contribution in [0.3, 0.4) is 0 Å². The summed E-state index contributed by atoms with van der Waals surface area (Å²) in [5.74, 6) is 0. The second-order valence-corrected chi connectivity index (χ2v) is 6.90. The van der Waals surface area contributed by atoms with Crippen LogP contribution < -0.4 is 5.73 Å². The highest BCUT2D eigenvalue weighted by atomic mass is 15.2. The average Bonchev–Trinajstić information content (AvgIpc) is 2.26. The van der Waals surface area contributed by atoms with Gasteiger partial charge in [-0.2, -0.15) is 0 Å². The molecule has 0 amide bonds. The molecule has 1 aromatic rings. The molecule has 1 atom stereocenters. The van der Waals surface area contributed by atoms with Gasteiger partial charge in [0.1, 0.15) is 0 Å². The van der Waals surface area contributed by atoms with Crippen molar-refractivity contribution in [3.63, 3.8) is 0 Å². The van der Waals surface area contributed by atoms with Gasteiger partial charge in [0.25, 0.3) is 0 Å². The van der Waals surface area contributed by atoms with Gasteiger partial charge in [-0.05, 0) is 44.5 Å². The number of hydrogen-bond donors (Lipinski definition) is 1. The summed E-state index contributed by atoms with van der Waals surface area (Å²) in [6, 6.07) is 8.73. The fourth-order valence-electron chi connectivity index (χ4n) is 1.88. The predicted molar refractivity (Wildman–Crippen MR) is 79.8 cm³/mol. The molecular formula is C16H28N2. The van der Waals surface area contributed by atoms with Crippen LogP contribution in [0.25, 0.3) is 0 Å². The van der Waals surface area contributed by atoms with Crippen molar-refractivity contribution >= 4 is 0 Å². The summed E-state index contributed by atoms with van der Waals surface area (Å²) in [7, 11) is 4.15. The Bertz CT molecular complexity index is 383. The molecule has 0 radical (unpaired) electrons. The van der Waals surface area contributed by atoms with E-state index in [1.54, 1.807) is 0 Å².